The van der Waals surface area contributed by atoms with E-state index < -0.39 is 6.09 Å². The lowest BCUT2D eigenvalue weighted by Crippen LogP contribution is -2.20. The van der Waals surface area contributed by atoms with Crippen molar-refractivity contribution in [2.24, 2.45) is 0 Å². The zero-order chi connectivity index (χ0) is 12.4. The zero-order valence-electron chi connectivity index (χ0n) is 8.58. The van der Waals surface area contributed by atoms with Crippen LogP contribution in [-0.2, 0) is 6.54 Å². The zero-order valence-corrected chi connectivity index (χ0v) is 10.1. The van der Waals surface area contributed by atoms with Gasteiger partial charge in [-0.15, -0.1) is 0 Å². The van der Waals surface area contributed by atoms with Crippen molar-refractivity contribution in [1.29, 1.82) is 0 Å². The van der Waals surface area contributed by atoms with Crippen LogP contribution in [0.4, 0.5) is 4.79 Å². The van der Waals surface area contributed by atoms with E-state index in [1.165, 1.54) is 0 Å². The molecule has 0 spiro atoms. The van der Waals surface area contributed by atoms with E-state index in [1.54, 1.807) is 18.2 Å². The predicted octanol–water partition coefficient (Wildman–Crippen LogP) is 3.31. The number of hydrogen-bond acceptors (Lipinski definition) is 2. The second-order valence-electron chi connectivity index (χ2n) is 3.41. The van der Waals surface area contributed by atoms with Crippen LogP contribution < -0.4 is 5.32 Å². The highest BCUT2D eigenvalue weighted by Gasteiger charge is 2.08. The lowest BCUT2D eigenvalue weighted by Gasteiger charge is -2.06. The fourth-order valence-electron chi connectivity index (χ4n) is 1.48. The molecule has 2 N–H and O–H groups in total. The summed E-state index contributed by atoms with van der Waals surface area (Å²) >= 11 is 11.9. The van der Waals surface area contributed by atoms with Gasteiger partial charge in [0.25, 0.3) is 0 Å². The standard InChI is InChI=1S/C11H8Cl2N2O2/c12-8-3-1-2-6-4-7(5-14-11(16)17)10(13)15-9(6)8/h1-4,14H,5H2,(H,16,17). The van der Waals surface area contributed by atoms with Gasteiger partial charge in [-0.2, -0.15) is 0 Å². The summed E-state index contributed by atoms with van der Waals surface area (Å²) in [5.41, 5.74) is 1.22. The second kappa shape index (κ2) is 4.77. The van der Waals surface area contributed by atoms with Crippen molar-refractivity contribution in [3.63, 3.8) is 0 Å². The topological polar surface area (TPSA) is 62.2 Å². The molecule has 1 aromatic heterocycles. The molecule has 4 nitrogen and oxygen atoms in total. The first kappa shape index (κ1) is 12.0. The number of fused-ring (bicyclic) bond motifs is 1. The average Bonchev–Trinajstić information content (AvgIpc) is 2.28. The molecular weight excluding hydrogens is 263 g/mol. The fourth-order valence-corrected chi connectivity index (χ4v) is 1.91. The van der Waals surface area contributed by atoms with Gasteiger partial charge >= 0.3 is 6.09 Å². The number of hydrogen-bond donors (Lipinski definition) is 2. The highest BCUT2D eigenvalue weighted by molar-refractivity contribution is 6.35. The Bertz CT molecular complexity index is 587. The summed E-state index contributed by atoms with van der Waals surface area (Å²) in [5.74, 6) is 0. The van der Waals surface area contributed by atoms with Gasteiger partial charge in [0.1, 0.15) is 5.15 Å². The molecule has 17 heavy (non-hydrogen) atoms. The minimum atomic E-state index is -1.10. The second-order valence-corrected chi connectivity index (χ2v) is 4.17. The third-order valence-corrected chi connectivity index (χ3v) is 2.88. The fraction of sp³-hybridized carbons (Fsp3) is 0.0909. The van der Waals surface area contributed by atoms with Gasteiger partial charge in [0.15, 0.2) is 0 Å². The van der Waals surface area contributed by atoms with Crippen LogP contribution in [0, 0.1) is 0 Å². The lowest BCUT2D eigenvalue weighted by molar-refractivity contribution is 0.194. The van der Waals surface area contributed by atoms with E-state index in [1.807, 2.05) is 6.07 Å². The van der Waals surface area contributed by atoms with Crippen molar-refractivity contribution in [2.75, 3.05) is 0 Å². The van der Waals surface area contributed by atoms with Crippen LogP contribution >= 0.6 is 23.2 Å². The van der Waals surface area contributed by atoms with Crippen LogP contribution in [0.5, 0.6) is 0 Å². The number of amides is 1. The molecule has 2 aromatic rings. The molecule has 0 aliphatic heterocycles. The highest BCUT2D eigenvalue weighted by atomic mass is 35.5. The van der Waals surface area contributed by atoms with Crippen LogP contribution in [0.3, 0.4) is 0 Å². The van der Waals surface area contributed by atoms with Gasteiger partial charge in [-0.25, -0.2) is 9.78 Å². The molecular formula is C11H8Cl2N2O2. The summed E-state index contributed by atoms with van der Waals surface area (Å²) in [6.45, 7) is 0.115. The molecule has 1 amide bonds. The van der Waals surface area contributed by atoms with Gasteiger partial charge < -0.3 is 10.4 Å². The molecule has 0 bridgehead atoms. The van der Waals surface area contributed by atoms with E-state index in [2.05, 4.69) is 10.3 Å². The number of para-hydroxylation sites is 1. The van der Waals surface area contributed by atoms with Crippen molar-refractivity contribution < 1.29 is 9.90 Å². The lowest BCUT2D eigenvalue weighted by atomic mass is 10.1. The largest absolute Gasteiger partial charge is 0.465 e. The summed E-state index contributed by atoms with van der Waals surface area (Å²) in [7, 11) is 0. The molecule has 0 aliphatic rings. The Balaban J connectivity index is 2.45. The third kappa shape index (κ3) is 2.60. The summed E-state index contributed by atoms with van der Waals surface area (Å²) < 4.78 is 0. The van der Waals surface area contributed by atoms with Gasteiger partial charge in [-0.3, -0.25) is 0 Å². The minimum Gasteiger partial charge on any atom is -0.465 e. The van der Waals surface area contributed by atoms with Crippen molar-refractivity contribution >= 4 is 40.2 Å². The monoisotopic (exact) mass is 270 g/mol. The van der Waals surface area contributed by atoms with Crippen LogP contribution in [-0.4, -0.2) is 16.2 Å². The number of nitrogens with zero attached hydrogens (tertiary/aromatic N) is 1. The van der Waals surface area contributed by atoms with Crippen LogP contribution in [0.2, 0.25) is 10.2 Å². The number of benzene rings is 1. The number of aromatic nitrogens is 1. The van der Waals surface area contributed by atoms with Crippen molar-refractivity contribution in [3.05, 3.63) is 40.0 Å². The highest BCUT2D eigenvalue weighted by Crippen LogP contribution is 2.25. The van der Waals surface area contributed by atoms with Crippen molar-refractivity contribution in [1.82, 2.24) is 10.3 Å². The molecule has 0 unspecified atom stereocenters. The van der Waals surface area contributed by atoms with E-state index in [9.17, 15) is 4.79 Å². The molecule has 6 heteroatoms. The molecule has 88 valence electrons. The Morgan fingerprint density at radius 3 is 2.88 bits per heavy atom. The first-order valence-electron chi connectivity index (χ1n) is 4.78. The average molecular weight is 271 g/mol. The number of carbonyl (C=O) groups is 1. The summed E-state index contributed by atoms with van der Waals surface area (Å²) in [6, 6.07) is 7.14. The number of rotatable bonds is 2. The smallest absolute Gasteiger partial charge is 0.404 e. The van der Waals surface area contributed by atoms with E-state index in [0.717, 1.165) is 5.39 Å². The molecule has 0 atom stereocenters. The normalized spacial score (nSPS) is 10.5. The molecule has 0 radical (unpaired) electrons. The van der Waals surface area contributed by atoms with E-state index >= 15 is 0 Å². The SMILES string of the molecule is O=C(O)NCc1cc2cccc(Cl)c2nc1Cl. The predicted molar refractivity (Wildman–Crippen MR) is 66.6 cm³/mol. The molecule has 1 heterocycles. The third-order valence-electron chi connectivity index (χ3n) is 2.25. The van der Waals surface area contributed by atoms with Crippen molar-refractivity contribution in [2.45, 2.75) is 6.54 Å². The number of pyridine rings is 1. The molecule has 1 aromatic carbocycles. The number of nitrogens with one attached hydrogen (secondary N) is 1. The molecule has 0 saturated heterocycles. The Hall–Kier alpha value is -1.52. The Labute approximate surface area is 107 Å². The number of halogens is 2. The van der Waals surface area contributed by atoms with E-state index in [4.69, 9.17) is 28.3 Å². The van der Waals surface area contributed by atoms with E-state index in [0.29, 0.717) is 16.1 Å². The molecule has 2 rings (SSSR count). The maximum Gasteiger partial charge on any atom is 0.404 e. The van der Waals surface area contributed by atoms with Crippen LogP contribution in [0.1, 0.15) is 5.56 Å². The number of carboxylic acid groups (broad SMARTS) is 1. The summed E-state index contributed by atoms with van der Waals surface area (Å²) in [4.78, 5) is 14.6. The molecule has 0 fully saturated rings. The maximum absolute atomic E-state index is 10.4. The first-order valence-corrected chi connectivity index (χ1v) is 5.54. The Morgan fingerprint density at radius 1 is 1.41 bits per heavy atom. The summed E-state index contributed by atoms with van der Waals surface area (Å²) in [6.07, 6.45) is -1.10. The first-order chi connectivity index (χ1) is 8.08. The minimum absolute atomic E-state index is 0.115. The van der Waals surface area contributed by atoms with Crippen molar-refractivity contribution in [3.8, 4) is 0 Å². The molecule has 0 aliphatic carbocycles. The summed E-state index contributed by atoms with van der Waals surface area (Å²) in [5, 5.41) is 12.4. The van der Waals surface area contributed by atoms with Gasteiger partial charge in [0.05, 0.1) is 10.5 Å². The van der Waals surface area contributed by atoms with Gasteiger partial charge in [-0.1, -0.05) is 35.3 Å². The van der Waals surface area contributed by atoms with Crippen LogP contribution in [0.15, 0.2) is 24.3 Å². The molecule has 0 saturated carbocycles. The van der Waals surface area contributed by atoms with Crippen LogP contribution in [0.25, 0.3) is 10.9 Å². The van der Waals surface area contributed by atoms with Gasteiger partial charge in [0, 0.05) is 17.5 Å². The van der Waals surface area contributed by atoms with Gasteiger partial charge in [0.2, 0.25) is 0 Å². The Kier molecular flexibility index (Phi) is 3.36. The maximum atomic E-state index is 10.4. The van der Waals surface area contributed by atoms with Gasteiger partial charge in [-0.05, 0) is 12.1 Å². The Morgan fingerprint density at radius 2 is 2.18 bits per heavy atom. The quantitative estimate of drug-likeness (QED) is 0.823. The van der Waals surface area contributed by atoms with E-state index in [-0.39, 0.29) is 11.7 Å².